The summed E-state index contributed by atoms with van der Waals surface area (Å²) in [4.78, 5) is 2.51. The molecule has 1 aliphatic rings. The Morgan fingerprint density at radius 2 is 1.90 bits per heavy atom. The number of hydrogen-bond donors (Lipinski definition) is 0. The summed E-state index contributed by atoms with van der Waals surface area (Å²) in [5, 5.41) is 0. The van der Waals surface area contributed by atoms with Gasteiger partial charge in [0.2, 0.25) is 0 Å². The van der Waals surface area contributed by atoms with E-state index in [4.69, 9.17) is 4.74 Å². The van der Waals surface area contributed by atoms with Gasteiger partial charge in [-0.15, -0.1) is 0 Å². The van der Waals surface area contributed by atoms with Crippen molar-refractivity contribution in [3.63, 3.8) is 0 Å². The van der Waals surface area contributed by atoms with Crippen LogP contribution in [0, 0.1) is 13.8 Å². The molecule has 0 bridgehead atoms. The molecule has 3 rings (SSSR count). The number of anilines is 1. The van der Waals surface area contributed by atoms with Gasteiger partial charge in [0, 0.05) is 38.6 Å². The zero-order valence-corrected chi connectivity index (χ0v) is 13.2. The summed E-state index contributed by atoms with van der Waals surface area (Å²) in [7, 11) is 1.76. The zero-order valence-electron chi connectivity index (χ0n) is 13.2. The van der Waals surface area contributed by atoms with Gasteiger partial charge in [-0.05, 0) is 37.0 Å². The van der Waals surface area contributed by atoms with Crippen molar-refractivity contribution in [3.8, 4) is 0 Å². The van der Waals surface area contributed by atoms with Crippen molar-refractivity contribution in [2.24, 2.45) is 0 Å². The molecule has 1 aliphatic heterocycles. The average molecular weight is 284 g/mol. The SMILES string of the molecule is COCCn1cc(N2CCc3ccccc3C2)c(C)c1C. The predicted molar refractivity (Wildman–Crippen MR) is 87.0 cm³/mol. The Kier molecular flexibility index (Phi) is 4.02. The first kappa shape index (κ1) is 14.2. The van der Waals surface area contributed by atoms with Crippen LogP contribution in [0.4, 0.5) is 5.69 Å². The lowest BCUT2D eigenvalue weighted by atomic mass is 9.99. The molecule has 0 fully saturated rings. The molecule has 1 aromatic carbocycles. The smallest absolute Gasteiger partial charge is 0.0641 e. The second-order valence-electron chi connectivity index (χ2n) is 5.85. The minimum absolute atomic E-state index is 0.761. The molecule has 2 aromatic rings. The molecule has 0 unspecified atom stereocenters. The van der Waals surface area contributed by atoms with Crippen molar-refractivity contribution < 1.29 is 4.74 Å². The summed E-state index contributed by atoms with van der Waals surface area (Å²) < 4.78 is 7.52. The molecule has 0 N–H and O–H groups in total. The van der Waals surface area contributed by atoms with Crippen molar-refractivity contribution in [2.45, 2.75) is 33.4 Å². The fraction of sp³-hybridized carbons (Fsp3) is 0.444. The minimum Gasteiger partial charge on any atom is -0.383 e. The molecular formula is C18H24N2O. The van der Waals surface area contributed by atoms with Gasteiger partial charge in [-0.1, -0.05) is 24.3 Å². The molecule has 0 saturated heterocycles. The number of rotatable bonds is 4. The maximum absolute atomic E-state index is 5.21. The topological polar surface area (TPSA) is 17.4 Å². The highest BCUT2D eigenvalue weighted by Crippen LogP contribution is 2.30. The highest BCUT2D eigenvalue weighted by atomic mass is 16.5. The van der Waals surface area contributed by atoms with Crippen molar-refractivity contribution in [1.29, 1.82) is 0 Å². The number of nitrogens with zero attached hydrogens (tertiary/aromatic N) is 2. The fourth-order valence-corrected chi connectivity index (χ4v) is 3.18. The van der Waals surface area contributed by atoms with E-state index in [1.165, 1.54) is 28.1 Å². The van der Waals surface area contributed by atoms with Crippen LogP contribution in [0.15, 0.2) is 30.5 Å². The van der Waals surface area contributed by atoms with Crippen molar-refractivity contribution in [3.05, 3.63) is 52.8 Å². The van der Waals surface area contributed by atoms with Crippen LogP contribution >= 0.6 is 0 Å². The number of benzene rings is 1. The van der Waals surface area contributed by atoms with Crippen molar-refractivity contribution in [2.75, 3.05) is 25.2 Å². The first-order valence-electron chi connectivity index (χ1n) is 7.67. The van der Waals surface area contributed by atoms with Crippen LogP contribution in [-0.2, 0) is 24.2 Å². The van der Waals surface area contributed by atoms with Gasteiger partial charge in [0.05, 0.1) is 12.3 Å². The lowest BCUT2D eigenvalue weighted by Crippen LogP contribution is -2.30. The molecule has 0 amide bonds. The minimum atomic E-state index is 0.761. The molecule has 3 nitrogen and oxygen atoms in total. The van der Waals surface area contributed by atoms with E-state index in [2.05, 4.69) is 53.8 Å². The molecule has 0 atom stereocenters. The zero-order chi connectivity index (χ0) is 14.8. The molecule has 2 heterocycles. The first-order valence-corrected chi connectivity index (χ1v) is 7.67. The van der Waals surface area contributed by atoms with Gasteiger partial charge < -0.3 is 14.2 Å². The summed E-state index contributed by atoms with van der Waals surface area (Å²) in [6, 6.07) is 8.80. The maximum atomic E-state index is 5.21. The number of methoxy groups -OCH3 is 1. The standard InChI is InChI=1S/C18H24N2O/c1-14-15(2)19(10-11-21-3)13-18(14)20-9-8-16-6-4-5-7-17(16)12-20/h4-7,13H,8-12H2,1-3H3. The van der Waals surface area contributed by atoms with E-state index in [0.29, 0.717) is 0 Å². The molecular weight excluding hydrogens is 260 g/mol. The largest absolute Gasteiger partial charge is 0.383 e. The Balaban J connectivity index is 1.85. The van der Waals surface area contributed by atoms with Crippen molar-refractivity contribution >= 4 is 5.69 Å². The molecule has 112 valence electrons. The van der Waals surface area contributed by atoms with Crippen LogP contribution in [0.25, 0.3) is 0 Å². The van der Waals surface area contributed by atoms with E-state index >= 15 is 0 Å². The summed E-state index contributed by atoms with van der Waals surface area (Å²) in [5.41, 5.74) is 7.08. The van der Waals surface area contributed by atoms with E-state index in [1.807, 2.05) is 0 Å². The summed E-state index contributed by atoms with van der Waals surface area (Å²) in [5.74, 6) is 0. The Bertz CT molecular complexity index is 630. The Hall–Kier alpha value is -1.74. The third kappa shape index (κ3) is 2.70. The van der Waals surface area contributed by atoms with E-state index in [1.54, 1.807) is 7.11 Å². The number of hydrogen-bond acceptors (Lipinski definition) is 2. The lowest BCUT2D eigenvalue weighted by molar-refractivity contribution is 0.187. The van der Waals surface area contributed by atoms with Gasteiger partial charge in [0.1, 0.15) is 0 Å². The summed E-state index contributed by atoms with van der Waals surface area (Å²) in [6.07, 6.45) is 3.43. The quantitative estimate of drug-likeness (QED) is 0.857. The predicted octanol–water partition coefficient (Wildman–Crippen LogP) is 3.31. The van der Waals surface area contributed by atoms with E-state index in [9.17, 15) is 0 Å². The number of aromatic nitrogens is 1. The van der Waals surface area contributed by atoms with Gasteiger partial charge in [-0.3, -0.25) is 0 Å². The Morgan fingerprint density at radius 3 is 2.67 bits per heavy atom. The van der Waals surface area contributed by atoms with Gasteiger partial charge in [-0.25, -0.2) is 0 Å². The van der Waals surface area contributed by atoms with E-state index in [0.717, 1.165) is 32.7 Å². The molecule has 0 radical (unpaired) electrons. The molecule has 0 saturated carbocycles. The average Bonchev–Trinajstić information content (AvgIpc) is 2.80. The molecule has 1 aromatic heterocycles. The van der Waals surface area contributed by atoms with Gasteiger partial charge in [0.15, 0.2) is 0 Å². The van der Waals surface area contributed by atoms with Crippen LogP contribution in [0.5, 0.6) is 0 Å². The van der Waals surface area contributed by atoms with Crippen LogP contribution in [0.3, 0.4) is 0 Å². The third-order valence-electron chi connectivity index (χ3n) is 4.64. The fourth-order valence-electron chi connectivity index (χ4n) is 3.18. The highest BCUT2D eigenvalue weighted by Gasteiger charge is 2.20. The summed E-state index contributed by atoms with van der Waals surface area (Å²) >= 11 is 0. The Labute approximate surface area is 127 Å². The lowest BCUT2D eigenvalue weighted by Gasteiger charge is -2.30. The number of fused-ring (bicyclic) bond motifs is 1. The monoisotopic (exact) mass is 284 g/mol. The van der Waals surface area contributed by atoms with Crippen molar-refractivity contribution in [1.82, 2.24) is 4.57 Å². The van der Waals surface area contributed by atoms with Gasteiger partial charge in [-0.2, -0.15) is 0 Å². The van der Waals surface area contributed by atoms with Crippen LogP contribution in [0.1, 0.15) is 22.4 Å². The molecule has 21 heavy (non-hydrogen) atoms. The summed E-state index contributed by atoms with van der Waals surface area (Å²) in [6.45, 7) is 8.24. The molecule has 0 spiro atoms. The van der Waals surface area contributed by atoms with Crippen LogP contribution in [0.2, 0.25) is 0 Å². The first-order chi connectivity index (χ1) is 10.2. The van der Waals surface area contributed by atoms with Gasteiger partial charge >= 0.3 is 0 Å². The maximum Gasteiger partial charge on any atom is 0.0641 e. The van der Waals surface area contributed by atoms with Crippen LogP contribution < -0.4 is 4.90 Å². The number of ether oxygens (including phenoxy) is 1. The Morgan fingerprint density at radius 1 is 1.14 bits per heavy atom. The van der Waals surface area contributed by atoms with Gasteiger partial charge in [0.25, 0.3) is 0 Å². The highest BCUT2D eigenvalue weighted by molar-refractivity contribution is 5.57. The second-order valence-corrected chi connectivity index (χ2v) is 5.85. The molecule has 0 aliphatic carbocycles. The van der Waals surface area contributed by atoms with E-state index < -0.39 is 0 Å². The second kappa shape index (κ2) is 5.94. The third-order valence-corrected chi connectivity index (χ3v) is 4.64. The van der Waals surface area contributed by atoms with E-state index in [-0.39, 0.29) is 0 Å². The van der Waals surface area contributed by atoms with Crippen LogP contribution in [-0.4, -0.2) is 24.8 Å². The molecule has 3 heteroatoms. The normalized spacial score (nSPS) is 14.3.